The first-order valence-corrected chi connectivity index (χ1v) is 19.1. The summed E-state index contributed by atoms with van der Waals surface area (Å²) in [5.74, 6) is -4.14. The molecule has 2 amide bonds. The Kier molecular flexibility index (Phi) is 22.1. The van der Waals surface area contributed by atoms with Gasteiger partial charge >= 0.3 is 42.0 Å². The van der Waals surface area contributed by atoms with Crippen molar-refractivity contribution in [1.82, 2.24) is 10.6 Å². The summed E-state index contributed by atoms with van der Waals surface area (Å²) < 4.78 is 37.7. The molecule has 1 aromatic rings. The molecule has 0 fully saturated rings. The number of benzene rings is 1. The fourth-order valence-electron chi connectivity index (χ4n) is 4.63. The predicted octanol–water partition coefficient (Wildman–Crippen LogP) is 5.63. The van der Waals surface area contributed by atoms with Gasteiger partial charge in [-0.1, -0.05) is 63.7 Å². The van der Waals surface area contributed by atoms with Crippen LogP contribution in [0.5, 0.6) is 0 Å². The number of ketones is 1. The van der Waals surface area contributed by atoms with Gasteiger partial charge in [0.05, 0.1) is 5.41 Å². The van der Waals surface area contributed by atoms with Gasteiger partial charge in [-0.15, -0.1) is 0 Å². The molecule has 0 aliphatic heterocycles. The molecule has 0 aromatic heterocycles. The van der Waals surface area contributed by atoms with Gasteiger partial charge in [0.1, 0.15) is 51.7 Å². The summed E-state index contributed by atoms with van der Waals surface area (Å²) in [4.78, 5) is 100.0. The first-order chi connectivity index (χ1) is 28.9. The van der Waals surface area contributed by atoms with Crippen molar-refractivity contribution in [3.63, 3.8) is 0 Å². The van der Waals surface area contributed by atoms with Crippen molar-refractivity contribution in [3.05, 3.63) is 108 Å². The van der Waals surface area contributed by atoms with Gasteiger partial charge in [-0.3, -0.25) is 4.79 Å². The first kappa shape index (κ1) is 53.2. The molecular formula is C45H58N2O15. The zero-order valence-corrected chi connectivity index (χ0v) is 36.5. The van der Waals surface area contributed by atoms with Crippen LogP contribution in [0.15, 0.2) is 97.2 Å². The maximum Gasteiger partial charge on any atom is 0.407 e. The zero-order chi connectivity index (χ0) is 47.2. The van der Waals surface area contributed by atoms with Crippen molar-refractivity contribution in [2.24, 2.45) is 10.8 Å². The number of rotatable bonds is 27. The van der Waals surface area contributed by atoms with Crippen molar-refractivity contribution in [1.29, 1.82) is 0 Å². The number of nitrogens with one attached hydrogen (secondary N) is 2. The van der Waals surface area contributed by atoms with Crippen LogP contribution in [0.1, 0.15) is 65.5 Å². The van der Waals surface area contributed by atoms with E-state index in [0.29, 0.717) is 11.1 Å². The second kappa shape index (κ2) is 25.8. The summed E-state index contributed by atoms with van der Waals surface area (Å²) in [5, 5.41) is 5.19. The minimum atomic E-state index is -1.55. The highest BCUT2D eigenvalue weighted by molar-refractivity contribution is 5.94. The average molecular weight is 867 g/mol. The SMILES string of the molecule is C=C(C)C(=O)CCC(COC(=O)NCc1cccc(CNC(=O)OCC(COC(=O)C(=C)C)(COC(=O)C(=C)C)COC(=O)C(=C)C)c1)(COC(=O)C(=C)C)COC(=O)C(=C)C. The highest BCUT2D eigenvalue weighted by Crippen LogP contribution is 2.28. The summed E-state index contributed by atoms with van der Waals surface area (Å²) in [6, 6.07) is 6.74. The zero-order valence-electron chi connectivity index (χ0n) is 36.5. The first-order valence-electron chi connectivity index (χ1n) is 19.1. The van der Waals surface area contributed by atoms with Crippen LogP contribution in [-0.4, -0.2) is 94.1 Å². The van der Waals surface area contributed by atoms with E-state index in [1.165, 1.54) is 41.5 Å². The van der Waals surface area contributed by atoms with E-state index in [1.807, 2.05) is 0 Å². The van der Waals surface area contributed by atoms with E-state index in [2.05, 4.69) is 50.1 Å². The molecule has 0 saturated carbocycles. The fraction of sp³-hybridized carbons (Fsp3) is 0.422. The number of alkyl carbamates (subject to hydrolysis) is 2. The maximum atomic E-state index is 13.0. The molecule has 0 radical (unpaired) electrons. The van der Waals surface area contributed by atoms with Crippen LogP contribution in [0.25, 0.3) is 0 Å². The topological polar surface area (TPSA) is 225 Å². The second-order valence-corrected chi connectivity index (χ2v) is 15.2. The number of carbonyl (C=O) groups is 8. The Hall–Kier alpha value is -6.78. The molecule has 0 heterocycles. The molecule has 0 aliphatic carbocycles. The molecule has 0 saturated heterocycles. The van der Waals surface area contributed by atoms with Crippen molar-refractivity contribution in [3.8, 4) is 0 Å². The number of allylic oxidation sites excluding steroid dienone is 1. The summed E-state index contributed by atoms with van der Waals surface area (Å²) in [7, 11) is 0. The maximum absolute atomic E-state index is 13.0. The van der Waals surface area contributed by atoms with Gasteiger partial charge in [0.2, 0.25) is 0 Å². The quantitative estimate of drug-likeness (QED) is 0.0621. The minimum absolute atomic E-state index is 0.00917. The van der Waals surface area contributed by atoms with Crippen molar-refractivity contribution in [2.75, 3.05) is 46.2 Å². The van der Waals surface area contributed by atoms with Crippen LogP contribution in [-0.2, 0) is 75.0 Å². The summed E-state index contributed by atoms with van der Waals surface area (Å²) in [6.45, 7) is 26.7. The summed E-state index contributed by atoms with van der Waals surface area (Å²) >= 11 is 0. The van der Waals surface area contributed by atoms with Gasteiger partial charge in [0.15, 0.2) is 5.78 Å². The Labute approximate surface area is 362 Å². The largest absolute Gasteiger partial charge is 0.461 e. The van der Waals surface area contributed by atoms with Gasteiger partial charge in [0, 0.05) is 47.4 Å². The third-order valence-corrected chi connectivity index (χ3v) is 8.53. The Morgan fingerprint density at radius 2 is 0.742 bits per heavy atom. The van der Waals surface area contributed by atoms with Gasteiger partial charge in [-0.2, -0.15) is 0 Å². The molecule has 0 atom stereocenters. The van der Waals surface area contributed by atoms with Gasteiger partial charge in [-0.25, -0.2) is 33.6 Å². The van der Waals surface area contributed by atoms with Crippen LogP contribution in [0.3, 0.4) is 0 Å². The normalized spacial score (nSPS) is 10.7. The number of hydrogen-bond donors (Lipinski definition) is 2. The Morgan fingerprint density at radius 1 is 0.452 bits per heavy atom. The van der Waals surface area contributed by atoms with E-state index >= 15 is 0 Å². The molecule has 17 heteroatoms. The Morgan fingerprint density at radius 3 is 1.05 bits per heavy atom. The smallest absolute Gasteiger partial charge is 0.407 e. The van der Waals surface area contributed by atoms with E-state index in [4.69, 9.17) is 33.2 Å². The standard InChI is InChI=1S/C45H58N2O15/c1-28(2)36(48)16-17-44(21-56-37(49)29(3)4,22-57-38(50)30(5)6)23-61-42(54)46-19-34-14-13-15-35(18-34)20-47-43(55)62-27-45(24-58-39(51)31(7)8,25-59-40(52)32(9)10)26-60-41(53)33(11)12/h13-15,18H,1,3,5,7,9,11,16-17,19-27H2,2,4,6,8,10,12H3,(H,46,54)(H,47,55). The van der Waals surface area contributed by atoms with E-state index in [9.17, 15) is 38.4 Å². The van der Waals surface area contributed by atoms with Gasteiger partial charge < -0.3 is 43.8 Å². The number of amides is 2. The number of carbonyl (C=O) groups excluding carboxylic acids is 8. The Balaban J connectivity index is 3.10. The minimum Gasteiger partial charge on any atom is -0.461 e. The second-order valence-electron chi connectivity index (χ2n) is 15.2. The van der Waals surface area contributed by atoms with Crippen LogP contribution < -0.4 is 10.6 Å². The monoisotopic (exact) mass is 866 g/mol. The van der Waals surface area contributed by atoms with E-state index < -0.39 is 85.9 Å². The lowest BCUT2D eigenvalue weighted by atomic mass is 9.84. The molecule has 0 bridgehead atoms. The molecule has 0 unspecified atom stereocenters. The molecular weight excluding hydrogens is 808 g/mol. The molecule has 2 N–H and O–H groups in total. The van der Waals surface area contributed by atoms with Crippen LogP contribution >= 0.6 is 0 Å². The molecule has 1 aromatic carbocycles. The van der Waals surface area contributed by atoms with E-state index in [-0.39, 0.29) is 78.4 Å². The van der Waals surface area contributed by atoms with Crippen LogP contribution in [0, 0.1) is 10.8 Å². The van der Waals surface area contributed by atoms with E-state index in [1.54, 1.807) is 24.3 Å². The molecule has 0 aliphatic rings. The predicted molar refractivity (Wildman–Crippen MR) is 226 cm³/mol. The molecule has 338 valence electrons. The fourth-order valence-corrected chi connectivity index (χ4v) is 4.63. The summed E-state index contributed by atoms with van der Waals surface area (Å²) in [5.41, 5.74) is -1.04. The molecule has 0 spiro atoms. The average Bonchev–Trinajstić information content (AvgIpc) is 3.22. The number of ether oxygens (including phenoxy) is 7. The molecule has 1 rings (SSSR count). The highest BCUT2D eigenvalue weighted by atomic mass is 16.6. The lowest BCUT2D eigenvalue weighted by Crippen LogP contribution is -2.45. The van der Waals surface area contributed by atoms with Gasteiger partial charge in [0.25, 0.3) is 0 Å². The lowest BCUT2D eigenvalue weighted by molar-refractivity contribution is -0.160. The van der Waals surface area contributed by atoms with Crippen LogP contribution in [0.2, 0.25) is 0 Å². The third kappa shape index (κ3) is 20.0. The number of esters is 5. The molecule has 62 heavy (non-hydrogen) atoms. The number of hydrogen-bond acceptors (Lipinski definition) is 15. The van der Waals surface area contributed by atoms with Crippen molar-refractivity contribution in [2.45, 2.75) is 67.5 Å². The van der Waals surface area contributed by atoms with Gasteiger partial charge in [-0.05, 0) is 64.7 Å². The van der Waals surface area contributed by atoms with Crippen molar-refractivity contribution >= 4 is 47.8 Å². The van der Waals surface area contributed by atoms with Crippen molar-refractivity contribution < 1.29 is 71.5 Å². The Bertz CT molecular complexity index is 1660. The summed E-state index contributed by atoms with van der Waals surface area (Å²) in [6.07, 6.45) is -1.90. The number of Topliss-reactive ketones (excluding diaryl/α,β-unsaturated/α-hetero) is 1. The van der Waals surface area contributed by atoms with E-state index in [0.717, 1.165) is 0 Å². The van der Waals surface area contributed by atoms with Crippen LogP contribution in [0.4, 0.5) is 9.59 Å². The third-order valence-electron chi connectivity index (χ3n) is 8.53. The highest BCUT2D eigenvalue weighted by Gasteiger charge is 2.39. The lowest BCUT2D eigenvalue weighted by Gasteiger charge is -2.32. The molecule has 17 nitrogen and oxygen atoms in total.